The first-order valence-corrected chi connectivity index (χ1v) is 6.61. The average molecular weight is 245 g/mol. The Morgan fingerprint density at radius 2 is 2.17 bits per heavy atom. The molecule has 2 aliphatic rings. The Balaban J connectivity index is 1.57. The number of likely N-dealkylation sites (N-methyl/N-ethyl adjacent to an activating group) is 1. The van der Waals surface area contributed by atoms with E-state index in [0.29, 0.717) is 6.42 Å². The minimum atomic E-state index is 0.178. The highest BCUT2D eigenvalue weighted by Crippen LogP contribution is 2.29. The van der Waals surface area contributed by atoms with Crippen LogP contribution in [0.1, 0.15) is 18.4 Å². The number of hydrogen-bond acceptors (Lipinski definition) is 3. The maximum Gasteiger partial charge on any atom is 0.231 e. The van der Waals surface area contributed by atoms with Gasteiger partial charge in [0.25, 0.3) is 0 Å². The molecule has 0 radical (unpaired) electrons. The third-order valence-corrected chi connectivity index (χ3v) is 3.62. The standard InChI is InChI=1S/C14H19N3O/c1-17-13-5-4-12(8-10(13)9-14(17)18)16-7-6-15-11-2-3-11/h4-5,8,11,15-16H,2-3,6-7,9H2,1H3. The van der Waals surface area contributed by atoms with Gasteiger partial charge in [0.2, 0.25) is 5.91 Å². The predicted molar refractivity (Wildman–Crippen MR) is 73.1 cm³/mol. The molecule has 1 aliphatic heterocycles. The molecule has 3 rings (SSSR count). The molecule has 1 fully saturated rings. The van der Waals surface area contributed by atoms with Gasteiger partial charge in [0.05, 0.1) is 6.42 Å². The van der Waals surface area contributed by atoms with Crippen LogP contribution in [0.4, 0.5) is 11.4 Å². The van der Waals surface area contributed by atoms with Gasteiger partial charge in [0, 0.05) is 37.6 Å². The molecule has 0 unspecified atom stereocenters. The number of fused-ring (bicyclic) bond motifs is 1. The van der Waals surface area contributed by atoms with Crippen LogP contribution in [0, 0.1) is 0 Å². The van der Waals surface area contributed by atoms with Crippen LogP contribution in [0.5, 0.6) is 0 Å². The summed E-state index contributed by atoms with van der Waals surface area (Å²) < 4.78 is 0. The lowest BCUT2D eigenvalue weighted by molar-refractivity contribution is -0.117. The van der Waals surface area contributed by atoms with E-state index in [1.165, 1.54) is 12.8 Å². The topological polar surface area (TPSA) is 44.4 Å². The van der Waals surface area contributed by atoms with Gasteiger partial charge in [-0.2, -0.15) is 0 Å². The maximum absolute atomic E-state index is 11.6. The van der Waals surface area contributed by atoms with E-state index >= 15 is 0 Å². The van der Waals surface area contributed by atoms with E-state index in [4.69, 9.17) is 0 Å². The average Bonchev–Trinajstić information content (AvgIpc) is 3.14. The molecular formula is C14H19N3O. The summed E-state index contributed by atoms with van der Waals surface area (Å²) in [6.07, 6.45) is 3.18. The molecule has 0 atom stereocenters. The Morgan fingerprint density at radius 3 is 2.94 bits per heavy atom. The maximum atomic E-state index is 11.6. The zero-order chi connectivity index (χ0) is 12.5. The molecule has 1 aromatic rings. The number of carbonyl (C=O) groups excluding carboxylic acids is 1. The quantitative estimate of drug-likeness (QED) is 0.770. The lowest BCUT2D eigenvalue weighted by Crippen LogP contribution is -2.23. The normalized spacial score (nSPS) is 18.1. The smallest absolute Gasteiger partial charge is 0.231 e. The van der Waals surface area contributed by atoms with Gasteiger partial charge < -0.3 is 15.5 Å². The number of nitrogens with one attached hydrogen (secondary N) is 2. The van der Waals surface area contributed by atoms with Gasteiger partial charge >= 0.3 is 0 Å². The second-order valence-corrected chi connectivity index (χ2v) is 5.13. The summed E-state index contributed by atoms with van der Waals surface area (Å²) in [4.78, 5) is 13.3. The summed E-state index contributed by atoms with van der Waals surface area (Å²) in [6, 6.07) is 6.92. The number of hydrogen-bond donors (Lipinski definition) is 2. The number of carbonyl (C=O) groups is 1. The molecule has 0 saturated heterocycles. The van der Waals surface area contributed by atoms with Crippen molar-refractivity contribution in [3.05, 3.63) is 23.8 Å². The van der Waals surface area contributed by atoms with Crippen molar-refractivity contribution >= 4 is 17.3 Å². The second kappa shape index (κ2) is 4.61. The fourth-order valence-electron chi connectivity index (χ4n) is 2.35. The molecule has 1 saturated carbocycles. The van der Waals surface area contributed by atoms with Gasteiger partial charge in [0.1, 0.15) is 0 Å². The summed E-state index contributed by atoms with van der Waals surface area (Å²) in [5.74, 6) is 0.178. The van der Waals surface area contributed by atoms with Crippen molar-refractivity contribution < 1.29 is 4.79 Å². The second-order valence-electron chi connectivity index (χ2n) is 5.13. The van der Waals surface area contributed by atoms with E-state index in [-0.39, 0.29) is 5.91 Å². The Bertz CT molecular complexity index is 468. The van der Waals surface area contributed by atoms with Gasteiger partial charge in [-0.15, -0.1) is 0 Å². The zero-order valence-corrected chi connectivity index (χ0v) is 10.7. The number of anilines is 2. The van der Waals surface area contributed by atoms with E-state index in [0.717, 1.165) is 36.1 Å². The highest BCUT2D eigenvalue weighted by Gasteiger charge is 2.23. The van der Waals surface area contributed by atoms with Crippen LogP contribution in [-0.4, -0.2) is 32.1 Å². The van der Waals surface area contributed by atoms with Crippen molar-refractivity contribution in [2.24, 2.45) is 0 Å². The molecule has 1 heterocycles. The fraction of sp³-hybridized carbons (Fsp3) is 0.500. The summed E-state index contributed by atoms with van der Waals surface area (Å²) in [5, 5.41) is 6.86. The molecule has 0 aromatic heterocycles. The molecule has 1 amide bonds. The van der Waals surface area contributed by atoms with Crippen molar-refractivity contribution in [2.45, 2.75) is 25.3 Å². The number of rotatable bonds is 5. The number of benzene rings is 1. The molecule has 18 heavy (non-hydrogen) atoms. The van der Waals surface area contributed by atoms with E-state index < -0.39 is 0 Å². The summed E-state index contributed by atoms with van der Waals surface area (Å²) in [6.45, 7) is 1.93. The largest absolute Gasteiger partial charge is 0.384 e. The molecular weight excluding hydrogens is 226 g/mol. The lowest BCUT2D eigenvalue weighted by Gasteiger charge is -2.11. The van der Waals surface area contributed by atoms with Gasteiger partial charge in [-0.05, 0) is 36.6 Å². The molecule has 1 aromatic carbocycles. The first-order valence-electron chi connectivity index (χ1n) is 6.61. The minimum Gasteiger partial charge on any atom is -0.384 e. The summed E-state index contributed by atoms with van der Waals surface area (Å²) in [5.41, 5.74) is 3.28. The summed E-state index contributed by atoms with van der Waals surface area (Å²) >= 11 is 0. The van der Waals surface area contributed by atoms with Crippen molar-refractivity contribution in [2.75, 3.05) is 30.4 Å². The third-order valence-electron chi connectivity index (χ3n) is 3.62. The predicted octanol–water partition coefficient (Wildman–Crippen LogP) is 1.37. The first kappa shape index (κ1) is 11.5. The molecule has 1 aliphatic carbocycles. The van der Waals surface area contributed by atoms with Gasteiger partial charge in [-0.25, -0.2) is 0 Å². The van der Waals surface area contributed by atoms with E-state index in [1.54, 1.807) is 4.90 Å². The lowest BCUT2D eigenvalue weighted by atomic mass is 10.1. The van der Waals surface area contributed by atoms with Gasteiger partial charge in [0.15, 0.2) is 0 Å². The fourth-order valence-corrected chi connectivity index (χ4v) is 2.35. The van der Waals surface area contributed by atoms with Crippen LogP contribution in [0.3, 0.4) is 0 Å². The SMILES string of the molecule is CN1C(=O)Cc2cc(NCCNC3CC3)ccc21. The minimum absolute atomic E-state index is 0.178. The van der Waals surface area contributed by atoms with Crippen LogP contribution in [0.2, 0.25) is 0 Å². The zero-order valence-electron chi connectivity index (χ0n) is 10.7. The molecule has 4 nitrogen and oxygen atoms in total. The van der Waals surface area contributed by atoms with Gasteiger partial charge in [-0.3, -0.25) is 4.79 Å². The van der Waals surface area contributed by atoms with Crippen LogP contribution >= 0.6 is 0 Å². The van der Waals surface area contributed by atoms with Crippen LogP contribution in [-0.2, 0) is 11.2 Å². The highest BCUT2D eigenvalue weighted by molar-refractivity contribution is 6.01. The Hall–Kier alpha value is -1.55. The highest BCUT2D eigenvalue weighted by atomic mass is 16.2. The number of nitrogens with zero attached hydrogens (tertiary/aromatic N) is 1. The van der Waals surface area contributed by atoms with E-state index in [9.17, 15) is 4.79 Å². The van der Waals surface area contributed by atoms with E-state index in [2.05, 4.69) is 16.7 Å². The van der Waals surface area contributed by atoms with Crippen molar-refractivity contribution in [1.82, 2.24) is 5.32 Å². The molecule has 2 N–H and O–H groups in total. The Labute approximate surface area is 107 Å². The van der Waals surface area contributed by atoms with Gasteiger partial charge in [-0.1, -0.05) is 0 Å². The molecule has 0 bridgehead atoms. The summed E-state index contributed by atoms with van der Waals surface area (Å²) in [7, 11) is 1.83. The Morgan fingerprint density at radius 1 is 1.33 bits per heavy atom. The molecule has 4 heteroatoms. The molecule has 96 valence electrons. The first-order chi connectivity index (χ1) is 8.74. The number of amides is 1. The van der Waals surface area contributed by atoms with E-state index in [1.807, 2.05) is 19.2 Å². The van der Waals surface area contributed by atoms with Crippen molar-refractivity contribution in [1.29, 1.82) is 0 Å². The monoisotopic (exact) mass is 245 g/mol. The molecule has 0 spiro atoms. The Kier molecular flexibility index (Phi) is 2.96. The van der Waals surface area contributed by atoms with Crippen molar-refractivity contribution in [3.63, 3.8) is 0 Å². The van der Waals surface area contributed by atoms with Crippen LogP contribution in [0.15, 0.2) is 18.2 Å². The third kappa shape index (κ3) is 2.34. The van der Waals surface area contributed by atoms with Crippen LogP contribution < -0.4 is 15.5 Å². The van der Waals surface area contributed by atoms with Crippen molar-refractivity contribution in [3.8, 4) is 0 Å². The van der Waals surface area contributed by atoms with Crippen LogP contribution in [0.25, 0.3) is 0 Å².